The number of rotatable bonds is 4. The predicted octanol–water partition coefficient (Wildman–Crippen LogP) is 2.45. The van der Waals surface area contributed by atoms with Crippen molar-refractivity contribution < 1.29 is 27.4 Å². The van der Waals surface area contributed by atoms with Gasteiger partial charge in [0.2, 0.25) is 0 Å². The number of benzene rings is 1. The maximum atomic E-state index is 12.1. The third-order valence-corrected chi connectivity index (χ3v) is 3.35. The minimum absolute atomic E-state index is 0.107. The average molecular weight is 303 g/mol. The number of nitrogens with one attached hydrogen (secondary N) is 1. The Labute approximate surface area is 120 Å². The van der Waals surface area contributed by atoms with Gasteiger partial charge in [-0.3, -0.25) is 4.79 Å². The second-order valence-corrected chi connectivity index (χ2v) is 4.74. The first-order valence-corrected chi connectivity index (χ1v) is 6.63. The van der Waals surface area contributed by atoms with E-state index in [1.54, 1.807) is 19.1 Å². The highest BCUT2D eigenvalue weighted by molar-refractivity contribution is 5.74. The maximum Gasteiger partial charge on any atom is 0.573 e. The number of hydrogen-bond acceptors (Lipinski definition) is 4. The van der Waals surface area contributed by atoms with E-state index in [9.17, 15) is 18.0 Å². The largest absolute Gasteiger partial charge is 0.573 e. The standard InChI is InChI=1S/C14H16F3NO3/c1-2-20-13(19)12-8-18-7-11(12)9-3-5-10(6-4-9)21-14(15,16)17/h3-6,11-12,18H,2,7-8H2,1H3. The van der Waals surface area contributed by atoms with E-state index in [4.69, 9.17) is 4.74 Å². The molecule has 1 aromatic rings. The molecule has 1 saturated heterocycles. The zero-order valence-corrected chi connectivity index (χ0v) is 11.4. The van der Waals surface area contributed by atoms with Gasteiger partial charge in [-0.15, -0.1) is 13.2 Å². The number of carbonyl (C=O) groups excluding carboxylic acids is 1. The van der Waals surface area contributed by atoms with Gasteiger partial charge in [0.15, 0.2) is 0 Å². The number of alkyl halides is 3. The number of hydrogen-bond donors (Lipinski definition) is 1. The van der Waals surface area contributed by atoms with E-state index in [1.165, 1.54) is 12.1 Å². The number of carbonyl (C=O) groups is 1. The predicted molar refractivity (Wildman–Crippen MR) is 68.9 cm³/mol. The highest BCUT2D eigenvalue weighted by atomic mass is 19.4. The lowest BCUT2D eigenvalue weighted by molar-refractivity contribution is -0.274. The molecule has 0 aromatic heterocycles. The molecule has 1 aliphatic heterocycles. The van der Waals surface area contributed by atoms with Crippen LogP contribution >= 0.6 is 0 Å². The molecule has 1 heterocycles. The summed E-state index contributed by atoms with van der Waals surface area (Å²) in [4.78, 5) is 11.8. The van der Waals surface area contributed by atoms with E-state index >= 15 is 0 Å². The fourth-order valence-electron chi connectivity index (χ4n) is 2.44. The average Bonchev–Trinajstić information content (AvgIpc) is 2.87. The van der Waals surface area contributed by atoms with E-state index in [2.05, 4.69) is 10.1 Å². The summed E-state index contributed by atoms with van der Waals surface area (Å²) < 4.78 is 45.1. The van der Waals surface area contributed by atoms with Crippen LogP contribution in [0, 0.1) is 5.92 Å². The van der Waals surface area contributed by atoms with Crippen molar-refractivity contribution in [3.05, 3.63) is 29.8 Å². The van der Waals surface area contributed by atoms with Crippen molar-refractivity contribution in [1.29, 1.82) is 0 Å². The van der Waals surface area contributed by atoms with E-state index in [0.717, 1.165) is 5.56 Å². The van der Waals surface area contributed by atoms with Gasteiger partial charge in [-0.1, -0.05) is 12.1 Å². The Hall–Kier alpha value is -1.76. The van der Waals surface area contributed by atoms with Gasteiger partial charge in [-0.25, -0.2) is 0 Å². The van der Waals surface area contributed by atoms with Gasteiger partial charge in [-0.2, -0.15) is 0 Å². The lowest BCUT2D eigenvalue weighted by Crippen LogP contribution is -2.24. The molecule has 21 heavy (non-hydrogen) atoms. The molecule has 2 rings (SSSR count). The van der Waals surface area contributed by atoms with E-state index in [1.807, 2.05) is 0 Å². The van der Waals surface area contributed by atoms with Gasteiger partial charge in [0, 0.05) is 19.0 Å². The van der Waals surface area contributed by atoms with Gasteiger partial charge in [0.1, 0.15) is 5.75 Å². The summed E-state index contributed by atoms with van der Waals surface area (Å²) in [5.41, 5.74) is 0.785. The summed E-state index contributed by atoms with van der Waals surface area (Å²) >= 11 is 0. The first-order chi connectivity index (χ1) is 9.90. The van der Waals surface area contributed by atoms with Crippen LogP contribution in [0.5, 0.6) is 5.75 Å². The van der Waals surface area contributed by atoms with Crippen molar-refractivity contribution in [2.45, 2.75) is 19.2 Å². The van der Waals surface area contributed by atoms with Crippen molar-refractivity contribution in [1.82, 2.24) is 5.32 Å². The number of halogens is 3. The van der Waals surface area contributed by atoms with Crippen molar-refractivity contribution in [3.8, 4) is 5.75 Å². The van der Waals surface area contributed by atoms with Gasteiger partial charge < -0.3 is 14.8 Å². The Kier molecular flexibility index (Phi) is 4.72. The lowest BCUT2D eigenvalue weighted by Gasteiger charge is -2.18. The SMILES string of the molecule is CCOC(=O)C1CNCC1c1ccc(OC(F)(F)F)cc1. The van der Waals surface area contributed by atoms with Crippen molar-refractivity contribution in [2.24, 2.45) is 5.92 Å². The second kappa shape index (κ2) is 6.34. The van der Waals surface area contributed by atoms with Crippen LogP contribution in [0.3, 0.4) is 0 Å². The topological polar surface area (TPSA) is 47.6 Å². The Bertz CT molecular complexity index is 487. The van der Waals surface area contributed by atoms with E-state index in [0.29, 0.717) is 19.7 Å². The molecule has 0 radical (unpaired) electrons. The van der Waals surface area contributed by atoms with Crippen LogP contribution in [-0.2, 0) is 9.53 Å². The quantitative estimate of drug-likeness (QED) is 0.868. The summed E-state index contributed by atoms with van der Waals surface area (Å²) in [5, 5.41) is 3.10. The molecule has 116 valence electrons. The number of ether oxygens (including phenoxy) is 2. The van der Waals surface area contributed by atoms with Crippen LogP contribution < -0.4 is 10.1 Å². The first-order valence-electron chi connectivity index (χ1n) is 6.63. The highest BCUT2D eigenvalue weighted by Gasteiger charge is 2.35. The molecule has 0 spiro atoms. The zero-order valence-electron chi connectivity index (χ0n) is 11.4. The van der Waals surface area contributed by atoms with Crippen molar-refractivity contribution in [2.75, 3.05) is 19.7 Å². The Morgan fingerprint density at radius 2 is 1.95 bits per heavy atom. The third-order valence-electron chi connectivity index (χ3n) is 3.35. The number of esters is 1. The maximum absolute atomic E-state index is 12.1. The molecule has 1 aromatic carbocycles. The fourth-order valence-corrected chi connectivity index (χ4v) is 2.44. The van der Waals surface area contributed by atoms with Crippen LogP contribution in [0.2, 0.25) is 0 Å². The smallest absolute Gasteiger partial charge is 0.466 e. The lowest BCUT2D eigenvalue weighted by atomic mass is 9.89. The molecular weight excluding hydrogens is 287 g/mol. The molecule has 1 N–H and O–H groups in total. The molecule has 0 amide bonds. The summed E-state index contributed by atoms with van der Waals surface area (Å²) in [5.74, 6) is -0.990. The van der Waals surface area contributed by atoms with E-state index < -0.39 is 6.36 Å². The third kappa shape index (κ3) is 4.10. The van der Waals surface area contributed by atoms with Crippen LogP contribution in [0.1, 0.15) is 18.4 Å². The molecule has 0 aliphatic carbocycles. The van der Waals surface area contributed by atoms with Gasteiger partial charge in [-0.05, 0) is 24.6 Å². The van der Waals surface area contributed by atoms with Crippen LogP contribution in [-0.4, -0.2) is 32.0 Å². The Morgan fingerprint density at radius 1 is 1.29 bits per heavy atom. The molecular formula is C14H16F3NO3. The highest BCUT2D eigenvalue weighted by Crippen LogP contribution is 2.31. The molecule has 4 nitrogen and oxygen atoms in total. The molecule has 1 fully saturated rings. The molecule has 0 saturated carbocycles. The van der Waals surface area contributed by atoms with Gasteiger partial charge in [0.25, 0.3) is 0 Å². The van der Waals surface area contributed by atoms with Crippen molar-refractivity contribution in [3.63, 3.8) is 0 Å². The summed E-state index contributed by atoms with van der Waals surface area (Å²) in [6.07, 6.45) is -4.70. The molecule has 2 unspecified atom stereocenters. The summed E-state index contributed by atoms with van der Waals surface area (Å²) in [7, 11) is 0. The Balaban J connectivity index is 2.09. The summed E-state index contributed by atoms with van der Waals surface area (Å²) in [6.45, 7) is 3.13. The van der Waals surface area contributed by atoms with Crippen LogP contribution in [0.15, 0.2) is 24.3 Å². The normalized spacial score (nSPS) is 22.1. The first kappa shape index (κ1) is 15.6. The fraction of sp³-hybridized carbons (Fsp3) is 0.500. The minimum Gasteiger partial charge on any atom is -0.466 e. The molecule has 2 atom stereocenters. The van der Waals surface area contributed by atoms with E-state index in [-0.39, 0.29) is 23.6 Å². The zero-order chi connectivity index (χ0) is 15.5. The van der Waals surface area contributed by atoms with Crippen LogP contribution in [0.25, 0.3) is 0 Å². The molecule has 1 aliphatic rings. The minimum atomic E-state index is -4.70. The molecule has 0 bridgehead atoms. The van der Waals surface area contributed by atoms with Crippen molar-refractivity contribution >= 4 is 5.97 Å². The van der Waals surface area contributed by atoms with Gasteiger partial charge in [0.05, 0.1) is 12.5 Å². The monoisotopic (exact) mass is 303 g/mol. The van der Waals surface area contributed by atoms with Gasteiger partial charge >= 0.3 is 12.3 Å². The summed E-state index contributed by atoms with van der Waals surface area (Å²) in [6, 6.07) is 5.60. The van der Waals surface area contributed by atoms with Crippen LogP contribution in [0.4, 0.5) is 13.2 Å². The Morgan fingerprint density at radius 3 is 2.52 bits per heavy atom. The molecule has 7 heteroatoms. The second-order valence-electron chi connectivity index (χ2n) is 4.74.